The fourth-order valence-corrected chi connectivity index (χ4v) is 2.69. The van der Waals surface area contributed by atoms with Crippen LogP contribution in [0.25, 0.3) is 0 Å². The predicted molar refractivity (Wildman–Crippen MR) is 77.0 cm³/mol. The van der Waals surface area contributed by atoms with E-state index in [4.69, 9.17) is 11.6 Å². The monoisotopic (exact) mass is 283 g/mol. The van der Waals surface area contributed by atoms with Crippen LogP contribution in [0.2, 0.25) is 5.02 Å². The number of benzene rings is 1. The zero-order valence-electron chi connectivity index (χ0n) is 10.9. The first kappa shape index (κ1) is 14.1. The molecule has 0 amide bonds. The van der Waals surface area contributed by atoms with E-state index in [1.807, 2.05) is 0 Å². The minimum atomic E-state index is -0.337. The minimum absolute atomic E-state index is 0.129. The van der Waals surface area contributed by atoms with Crippen LogP contribution in [0.3, 0.4) is 0 Å². The minimum Gasteiger partial charge on any atom is -0.362 e. The second kappa shape index (κ2) is 6.21. The molecule has 1 saturated heterocycles. The highest BCUT2D eigenvalue weighted by Crippen LogP contribution is 2.33. The summed E-state index contributed by atoms with van der Waals surface area (Å²) in [6.45, 7) is 4.70. The zero-order chi connectivity index (χ0) is 13.8. The molecule has 5 nitrogen and oxygen atoms in total. The number of nitro groups is 1. The summed E-state index contributed by atoms with van der Waals surface area (Å²) >= 11 is 6.01. The highest BCUT2D eigenvalue weighted by Gasteiger charge is 2.27. The molecule has 1 atom stereocenters. The highest BCUT2D eigenvalue weighted by atomic mass is 35.5. The van der Waals surface area contributed by atoms with Gasteiger partial charge in [-0.1, -0.05) is 18.5 Å². The Kier molecular flexibility index (Phi) is 4.61. The first-order chi connectivity index (χ1) is 9.13. The third kappa shape index (κ3) is 3.16. The summed E-state index contributed by atoms with van der Waals surface area (Å²) in [6.07, 6.45) is 1.95. The lowest BCUT2D eigenvalue weighted by Gasteiger charge is -2.30. The lowest BCUT2D eigenvalue weighted by molar-refractivity contribution is -0.384. The molecule has 1 aliphatic rings. The van der Waals surface area contributed by atoms with E-state index in [2.05, 4.69) is 17.1 Å². The standard InChI is InChI=1S/C13H18ClN3O2/c1-2-7-16(11-5-6-15-9-11)13-8-10(14)3-4-12(13)17(18)19/h3-4,8,11,15H,2,5-7,9H2,1H3. The van der Waals surface area contributed by atoms with E-state index < -0.39 is 0 Å². The first-order valence-corrected chi connectivity index (χ1v) is 6.92. The van der Waals surface area contributed by atoms with Crippen LogP contribution in [0, 0.1) is 10.1 Å². The van der Waals surface area contributed by atoms with E-state index in [1.165, 1.54) is 6.07 Å². The van der Waals surface area contributed by atoms with Gasteiger partial charge >= 0.3 is 0 Å². The first-order valence-electron chi connectivity index (χ1n) is 6.54. The van der Waals surface area contributed by atoms with Gasteiger partial charge in [-0.15, -0.1) is 0 Å². The van der Waals surface area contributed by atoms with Gasteiger partial charge in [-0.2, -0.15) is 0 Å². The average molecular weight is 284 g/mol. The van der Waals surface area contributed by atoms with Gasteiger partial charge in [-0.05, 0) is 31.5 Å². The van der Waals surface area contributed by atoms with Crippen molar-refractivity contribution in [1.29, 1.82) is 0 Å². The summed E-state index contributed by atoms with van der Waals surface area (Å²) < 4.78 is 0. The van der Waals surface area contributed by atoms with Gasteiger partial charge in [0.1, 0.15) is 5.69 Å². The molecule has 1 aromatic carbocycles. The molecule has 104 valence electrons. The molecule has 0 aliphatic carbocycles. The molecule has 1 heterocycles. The third-order valence-electron chi connectivity index (χ3n) is 3.38. The molecule has 1 unspecified atom stereocenters. The molecule has 0 bridgehead atoms. The Morgan fingerprint density at radius 3 is 2.95 bits per heavy atom. The second-order valence-corrected chi connectivity index (χ2v) is 5.17. The lowest BCUT2D eigenvalue weighted by atomic mass is 10.1. The maximum absolute atomic E-state index is 11.2. The number of hydrogen-bond donors (Lipinski definition) is 1. The smallest absolute Gasteiger partial charge is 0.292 e. The number of halogens is 1. The van der Waals surface area contributed by atoms with Crippen molar-refractivity contribution in [1.82, 2.24) is 5.32 Å². The van der Waals surface area contributed by atoms with Crippen molar-refractivity contribution in [2.24, 2.45) is 0 Å². The summed E-state index contributed by atoms with van der Waals surface area (Å²) in [5.41, 5.74) is 0.762. The van der Waals surface area contributed by atoms with Crippen LogP contribution in [0.1, 0.15) is 19.8 Å². The molecule has 1 fully saturated rings. The van der Waals surface area contributed by atoms with E-state index in [0.29, 0.717) is 16.8 Å². The van der Waals surface area contributed by atoms with Crippen LogP contribution in [0.4, 0.5) is 11.4 Å². The highest BCUT2D eigenvalue weighted by molar-refractivity contribution is 6.31. The maximum Gasteiger partial charge on any atom is 0.292 e. The van der Waals surface area contributed by atoms with Gasteiger partial charge in [0.15, 0.2) is 0 Å². The van der Waals surface area contributed by atoms with E-state index in [1.54, 1.807) is 12.1 Å². The molecule has 0 aromatic heterocycles. The van der Waals surface area contributed by atoms with Crippen molar-refractivity contribution in [2.45, 2.75) is 25.8 Å². The van der Waals surface area contributed by atoms with Crippen molar-refractivity contribution in [2.75, 3.05) is 24.5 Å². The van der Waals surface area contributed by atoms with Crippen LogP contribution >= 0.6 is 11.6 Å². The average Bonchev–Trinajstić information content (AvgIpc) is 2.89. The van der Waals surface area contributed by atoms with Crippen LogP contribution in [0.5, 0.6) is 0 Å². The Hall–Kier alpha value is -1.33. The fraction of sp³-hybridized carbons (Fsp3) is 0.538. The van der Waals surface area contributed by atoms with Gasteiger partial charge in [0, 0.05) is 30.2 Å². The van der Waals surface area contributed by atoms with E-state index in [0.717, 1.165) is 32.5 Å². The molecular formula is C13H18ClN3O2. The Labute approximate surface area is 117 Å². The van der Waals surface area contributed by atoms with Gasteiger partial charge in [-0.25, -0.2) is 0 Å². The summed E-state index contributed by atoms with van der Waals surface area (Å²) in [6, 6.07) is 5.06. The van der Waals surface area contributed by atoms with Crippen molar-refractivity contribution >= 4 is 23.0 Å². The molecule has 0 saturated carbocycles. The van der Waals surface area contributed by atoms with Crippen molar-refractivity contribution in [3.05, 3.63) is 33.3 Å². The second-order valence-electron chi connectivity index (χ2n) is 4.73. The summed E-state index contributed by atoms with van der Waals surface area (Å²) in [4.78, 5) is 13.0. The summed E-state index contributed by atoms with van der Waals surface area (Å²) in [5, 5.41) is 15.0. The van der Waals surface area contributed by atoms with Crippen LogP contribution in [-0.2, 0) is 0 Å². The molecule has 1 aromatic rings. The van der Waals surface area contributed by atoms with Crippen molar-refractivity contribution in [3.63, 3.8) is 0 Å². The van der Waals surface area contributed by atoms with Gasteiger partial charge in [-0.3, -0.25) is 10.1 Å². The number of anilines is 1. The summed E-state index contributed by atoms with van der Waals surface area (Å²) in [7, 11) is 0. The molecule has 0 radical (unpaired) electrons. The molecular weight excluding hydrogens is 266 g/mol. The number of hydrogen-bond acceptors (Lipinski definition) is 4. The topological polar surface area (TPSA) is 58.4 Å². The van der Waals surface area contributed by atoms with E-state index >= 15 is 0 Å². The van der Waals surface area contributed by atoms with Crippen LogP contribution in [-0.4, -0.2) is 30.6 Å². The normalized spacial score (nSPS) is 18.5. The quantitative estimate of drug-likeness (QED) is 0.667. The van der Waals surface area contributed by atoms with Gasteiger partial charge < -0.3 is 10.2 Å². The van der Waals surface area contributed by atoms with Crippen LogP contribution < -0.4 is 10.2 Å². The molecule has 19 heavy (non-hydrogen) atoms. The maximum atomic E-state index is 11.2. The Bertz CT molecular complexity index is 461. The Balaban J connectivity index is 2.39. The number of nitro benzene ring substituents is 1. The molecule has 1 N–H and O–H groups in total. The fourth-order valence-electron chi connectivity index (χ4n) is 2.53. The number of rotatable bonds is 5. The molecule has 2 rings (SSSR count). The summed E-state index contributed by atoms with van der Waals surface area (Å²) in [5.74, 6) is 0. The Morgan fingerprint density at radius 1 is 1.58 bits per heavy atom. The van der Waals surface area contributed by atoms with Crippen molar-refractivity contribution < 1.29 is 4.92 Å². The Morgan fingerprint density at radius 2 is 2.37 bits per heavy atom. The van der Waals surface area contributed by atoms with Gasteiger partial charge in [0.25, 0.3) is 5.69 Å². The molecule has 0 spiro atoms. The number of nitrogens with zero attached hydrogens (tertiary/aromatic N) is 2. The lowest BCUT2D eigenvalue weighted by Crippen LogP contribution is -2.37. The SMILES string of the molecule is CCCN(c1cc(Cl)ccc1[N+](=O)[O-])C1CCNC1. The molecule has 6 heteroatoms. The van der Waals surface area contributed by atoms with Crippen molar-refractivity contribution in [3.8, 4) is 0 Å². The molecule has 1 aliphatic heterocycles. The predicted octanol–water partition coefficient (Wildman–Crippen LogP) is 2.83. The van der Waals surface area contributed by atoms with Gasteiger partial charge in [0.05, 0.1) is 4.92 Å². The third-order valence-corrected chi connectivity index (χ3v) is 3.62. The zero-order valence-corrected chi connectivity index (χ0v) is 11.7. The van der Waals surface area contributed by atoms with Gasteiger partial charge in [0.2, 0.25) is 0 Å². The largest absolute Gasteiger partial charge is 0.362 e. The number of nitrogens with one attached hydrogen (secondary N) is 1. The van der Waals surface area contributed by atoms with E-state index in [-0.39, 0.29) is 10.6 Å². The van der Waals surface area contributed by atoms with Crippen LogP contribution in [0.15, 0.2) is 18.2 Å². The van der Waals surface area contributed by atoms with E-state index in [9.17, 15) is 10.1 Å².